The zero-order chi connectivity index (χ0) is 17.1. The fourth-order valence-electron chi connectivity index (χ4n) is 3.47. The van der Waals surface area contributed by atoms with Crippen molar-refractivity contribution in [1.82, 2.24) is 4.90 Å². The van der Waals surface area contributed by atoms with Crippen molar-refractivity contribution >= 4 is 5.69 Å². The lowest BCUT2D eigenvalue weighted by molar-refractivity contribution is 0.250. The van der Waals surface area contributed by atoms with Crippen LogP contribution in [-0.2, 0) is 6.54 Å². The van der Waals surface area contributed by atoms with Crippen LogP contribution in [-0.4, -0.2) is 31.1 Å². The zero-order valence-corrected chi connectivity index (χ0v) is 15.5. The van der Waals surface area contributed by atoms with E-state index in [2.05, 4.69) is 80.0 Å². The van der Waals surface area contributed by atoms with E-state index in [9.17, 15) is 0 Å². The van der Waals surface area contributed by atoms with Crippen molar-refractivity contribution < 1.29 is 0 Å². The summed E-state index contributed by atoms with van der Waals surface area (Å²) < 4.78 is 0. The standard InChI is InChI=1S/C22H30N2/c1-17(2)21-9-7-20(8-10-21)16-23-11-13-24(14-12-23)22-15-18(3)5-6-19(22)4/h5-10,15,17H,11-14,16H2,1-4H3. The summed E-state index contributed by atoms with van der Waals surface area (Å²) >= 11 is 0. The summed E-state index contributed by atoms with van der Waals surface area (Å²) in [5.41, 5.74) is 7.01. The molecule has 0 spiro atoms. The summed E-state index contributed by atoms with van der Waals surface area (Å²) in [6.45, 7) is 14.5. The number of nitrogens with zero attached hydrogens (tertiary/aromatic N) is 2. The lowest BCUT2D eigenvalue weighted by Crippen LogP contribution is -2.46. The van der Waals surface area contributed by atoms with Crippen molar-refractivity contribution in [1.29, 1.82) is 0 Å². The van der Waals surface area contributed by atoms with Gasteiger partial charge in [-0.3, -0.25) is 4.90 Å². The van der Waals surface area contributed by atoms with Crippen LogP contribution in [0.3, 0.4) is 0 Å². The molecule has 128 valence electrons. The van der Waals surface area contributed by atoms with Crippen molar-refractivity contribution in [2.24, 2.45) is 0 Å². The average molecular weight is 322 g/mol. The Morgan fingerprint density at radius 2 is 1.54 bits per heavy atom. The van der Waals surface area contributed by atoms with Gasteiger partial charge in [0.15, 0.2) is 0 Å². The van der Waals surface area contributed by atoms with Crippen LogP contribution in [0.15, 0.2) is 42.5 Å². The molecule has 0 amide bonds. The van der Waals surface area contributed by atoms with Crippen LogP contribution in [0.2, 0.25) is 0 Å². The summed E-state index contributed by atoms with van der Waals surface area (Å²) in [5.74, 6) is 0.611. The largest absolute Gasteiger partial charge is 0.369 e. The molecule has 2 heteroatoms. The van der Waals surface area contributed by atoms with Gasteiger partial charge >= 0.3 is 0 Å². The van der Waals surface area contributed by atoms with E-state index in [1.54, 1.807) is 0 Å². The Morgan fingerprint density at radius 3 is 2.17 bits per heavy atom. The number of piperazine rings is 1. The molecular formula is C22H30N2. The maximum Gasteiger partial charge on any atom is 0.0399 e. The number of benzene rings is 2. The van der Waals surface area contributed by atoms with Gasteiger partial charge in [-0.15, -0.1) is 0 Å². The van der Waals surface area contributed by atoms with E-state index in [0.717, 1.165) is 32.7 Å². The van der Waals surface area contributed by atoms with E-state index in [4.69, 9.17) is 0 Å². The summed E-state index contributed by atoms with van der Waals surface area (Å²) in [5, 5.41) is 0. The number of hydrogen-bond donors (Lipinski definition) is 0. The highest BCUT2D eigenvalue weighted by molar-refractivity contribution is 5.55. The first-order valence-corrected chi connectivity index (χ1v) is 9.16. The molecule has 2 aromatic rings. The predicted molar refractivity (Wildman–Crippen MR) is 104 cm³/mol. The first-order chi connectivity index (χ1) is 11.5. The number of anilines is 1. The molecule has 24 heavy (non-hydrogen) atoms. The Hall–Kier alpha value is -1.80. The van der Waals surface area contributed by atoms with Crippen molar-refractivity contribution in [3.63, 3.8) is 0 Å². The third-order valence-electron chi connectivity index (χ3n) is 5.13. The molecule has 3 rings (SSSR count). The molecule has 1 fully saturated rings. The monoisotopic (exact) mass is 322 g/mol. The van der Waals surface area contributed by atoms with Gasteiger partial charge in [-0.05, 0) is 48.1 Å². The summed E-state index contributed by atoms with van der Waals surface area (Å²) in [6.07, 6.45) is 0. The van der Waals surface area contributed by atoms with Gasteiger partial charge in [-0.1, -0.05) is 50.2 Å². The van der Waals surface area contributed by atoms with E-state index in [0.29, 0.717) is 5.92 Å². The molecule has 1 aliphatic heterocycles. The molecule has 1 aliphatic rings. The third-order valence-corrected chi connectivity index (χ3v) is 5.13. The van der Waals surface area contributed by atoms with Crippen molar-refractivity contribution in [3.05, 3.63) is 64.7 Å². The maximum atomic E-state index is 2.58. The molecule has 0 unspecified atom stereocenters. The normalized spacial score (nSPS) is 16.0. The Balaban J connectivity index is 1.58. The first-order valence-electron chi connectivity index (χ1n) is 9.16. The second-order valence-electron chi connectivity index (χ2n) is 7.45. The highest BCUT2D eigenvalue weighted by atomic mass is 15.3. The van der Waals surface area contributed by atoms with E-state index in [-0.39, 0.29) is 0 Å². The molecule has 0 N–H and O–H groups in total. The van der Waals surface area contributed by atoms with Crippen LogP contribution in [0.1, 0.15) is 42.0 Å². The second-order valence-corrected chi connectivity index (χ2v) is 7.45. The summed E-state index contributed by atoms with van der Waals surface area (Å²) in [6, 6.07) is 15.9. The fraction of sp³-hybridized carbons (Fsp3) is 0.455. The molecule has 2 nitrogen and oxygen atoms in total. The van der Waals surface area contributed by atoms with Crippen LogP contribution < -0.4 is 4.90 Å². The van der Waals surface area contributed by atoms with Gasteiger partial charge in [-0.25, -0.2) is 0 Å². The van der Waals surface area contributed by atoms with Crippen molar-refractivity contribution in [2.75, 3.05) is 31.1 Å². The van der Waals surface area contributed by atoms with Gasteiger partial charge in [0.05, 0.1) is 0 Å². The van der Waals surface area contributed by atoms with Crippen LogP contribution in [0.5, 0.6) is 0 Å². The molecule has 0 radical (unpaired) electrons. The molecule has 1 saturated heterocycles. The van der Waals surface area contributed by atoms with Crippen LogP contribution in [0.4, 0.5) is 5.69 Å². The minimum atomic E-state index is 0.611. The van der Waals surface area contributed by atoms with Crippen molar-refractivity contribution in [3.8, 4) is 0 Å². The van der Waals surface area contributed by atoms with E-state index >= 15 is 0 Å². The Morgan fingerprint density at radius 1 is 0.875 bits per heavy atom. The first kappa shape index (κ1) is 17.0. The Kier molecular flexibility index (Phi) is 5.25. The van der Waals surface area contributed by atoms with Gasteiger partial charge in [0, 0.05) is 38.4 Å². The third kappa shape index (κ3) is 3.99. The molecule has 0 aliphatic carbocycles. The zero-order valence-electron chi connectivity index (χ0n) is 15.5. The average Bonchev–Trinajstić information content (AvgIpc) is 2.58. The van der Waals surface area contributed by atoms with E-state index in [1.165, 1.54) is 27.9 Å². The quantitative estimate of drug-likeness (QED) is 0.801. The smallest absolute Gasteiger partial charge is 0.0399 e. The lowest BCUT2D eigenvalue weighted by Gasteiger charge is -2.37. The summed E-state index contributed by atoms with van der Waals surface area (Å²) in [7, 11) is 0. The van der Waals surface area contributed by atoms with Gasteiger partial charge in [0.1, 0.15) is 0 Å². The van der Waals surface area contributed by atoms with Crippen molar-refractivity contribution in [2.45, 2.75) is 40.2 Å². The number of aryl methyl sites for hydroxylation is 2. The minimum Gasteiger partial charge on any atom is -0.369 e. The van der Waals surface area contributed by atoms with E-state index in [1.807, 2.05) is 0 Å². The Bertz CT molecular complexity index is 665. The molecule has 0 saturated carbocycles. The fourth-order valence-corrected chi connectivity index (χ4v) is 3.47. The van der Waals surface area contributed by atoms with Crippen LogP contribution >= 0.6 is 0 Å². The second kappa shape index (κ2) is 7.40. The van der Waals surface area contributed by atoms with Gasteiger partial charge < -0.3 is 4.90 Å². The molecule has 2 aromatic carbocycles. The molecule has 0 aromatic heterocycles. The molecule has 0 atom stereocenters. The molecule has 1 heterocycles. The number of rotatable bonds is 4. The lowest BCUT2D eigenvalue weighted by atomic mass is 10.0. The topological polar surface area (TPSA) is 6.48 Å². The van der Waals surface area contributed by atoms with Crippen LogP contribution in [0, 0.1) is 13.8 Å². The van der Waals surface area contributed by atoms with Crippen LogP contribution in [0.25, 0.3) is 0 Å². The maximum absolute atomic E-state index is 2.58. The predicted octanol–water partition coefficient (Wildman–Crippen LogP) is 4.75. The van der Waals surface area contributed by atoms with Gasteiger partial charge in [0.2, 0.25) is 0 Å². The van der Waals surface area contributed by atoms with E-state index < -0.39 is 0 Å². The highest BCUT2D eigenvalue weighted by Crippen LogP contribution is 2.23. The minimum absolute atomic E-state index is 0.611. The van der Waals surface area contributed by atoms with Gasteiger partial charge in [0.25, 0.3) is 0 Å². The highest BCUT2D eigenvalue weighted by Gasteiger charge is 2.18. The SMILES string of the molecule is Cc1ccc(C)c(N2CCN(Cc3ccc(C(C)C)cc3)CC2)c1. The van der Waals surface area contributed by atoms with Gasteiger partial charge in [-0.2, -0.15) is 0 Å². The molecule has 0 bridgehead atoms. The molecular weight excluding hydrogens is 292 g/mol. The number of hydrogen-bond acceptors (Lipinski definition) is 2. The summed E-state index contributed by atoms with van der Waals surface area (Å²) in [4.78, 5) is 5.12. The Labute approximate surface area is 147 Å².